The molecular formula is C78H47N7. The lowest BCUT2D eigenvalue weighted by Crippen LogP contribution is -2.06. The van der Waals surface area contributed by atoms with Gasteiger partial charge in [-0.05, 0) is 102 Å². The average molecular weight is 1080 g/mol. The van der Waals surface area contributed by atoms with E-state index < -0.39 is 0 Å². The Kier molecular flexibility index (Phi) is 11.5. The number of fused-ring (bicyclic) bond motifs is 9. The molecule has 7 heteroatoms. The van der Waals surface area contributed by atoms with Crippen molar-refractivity contribution in [3.8, 4) is 90.4 Å². The topological polar surface area (TPSA) is 68.7 Å². The Morgan fingerprint density at radius 2 is 0.741 bits per heavy atom. The molecule has 0 aliphatic rings. The van der Waals surface area contributed by atoms with Gasteiger partial charge in [-0.2, -0.15) is 5.26 Å². The molecule has 4 aromatic heterocycles. The van der Waals surface area contributed by atoms with Crippen LogP contribution in [0.25, 0.3) is 155 Å². The summed E-state index contributed by atoms with van der Waals surface area (Å²) >= 11 is 0. The van der Waals surface area contributed by atoms with Gasteiger partial charge in [-0.1, -0.05) is 194 Å². The highest BCUT2D eigenvalue weighted by molar-refractivity contribution is 6.14. The number of benzene rings is 12. The number of aromatic nitrogens is 5. The Bertz CT molecular complexity index is 5080. The molecule has 7 nitrogen and oxygen atoms in total. The third kappa shape index (κ3) is 8.03. The molecule has 0 spiro atoms. The van der Waals surface area contributed by atoms with Crippen molar-refractivity contribution in [3.63, 3.8) is 0 Å². The number of nitrogens with zero attached hydrogens (tertiary/aromatic N) is 7. The molecule has 0 amide bonds. The summed E-state index contributed by atoms with van der Waals surface area (Å²) in [5.74, 6) is 0.627. The van der Waals surface area contributed by atoms with E-state index in [1.807, 2.05) is 36.4 Å². The molecule has 16 aromatic rings. The van der Waals surface area contributed by atoms with Crippen molar-refractivity contribution < 1.29 is 0 Å². The van der Waals surface area contributed by atoms with Crippen molar-refractivity contribution in [2.24, 2.45) is 0 Å². The second-order valence-corrected chi connectivity index (χ2v) is 21.5. The summed E-state index contributed by atoms with van der Waals surface area (Å²) < 4.78 is 7.33. The fraction of sp³-hybridized carbons (Fsp3) is 0. The fourth-order valence-electron chi connectivity index (χ4n) is 13.0. The zero-order chi connectivity index (χ0) is 56.5. The van der Waals surface area contributed by atoms with Gasteiger partial charge in [-0.3, -0.25) is 0 Å². The maximum absolute atomic E-state index is 10.1. The second-order valence-electron chi connectivity index (χ2n) is 21.5. The van der Waals surface area contributed by atoms with Crippen molar-refractivity contribution in [2.75, 3.05) is 0 Å². The first-order valence-corrected chi connectivity index (χ1v) is 28.4. The standard InChI is InChI=1S/C78H47N7/c1-80-56-43-50(49-79)42-54(44-56)53-40-41-76-64(45-53)61-30-12-21-39-75(61)85(76)77-65(62-31-13-19-37-73(62)83-69-33-15-8-26-57(69)58-27-9-16-34-70(58)83)46-55(68-48-67(51-22-4-2-5-23-51)81-78(82-68)52-24-6-3-7-25-52)47-66(77)63-32-14-20-38-74(63)84-71-35-17-10-28-59(71)60-29-11-18-36-72(60)84/h2-48H. The fourth-order valence-corrected chi connectivity index (χ4v) is 13.0. The summed E-state index contributed by atoms with van der Waals surface area (Å²) in [6.45, 7) is 7.95. The van der Waals surface area contributed by atoms with Gasteiger partial charge in [-0.25, -0.2) is 14.8 Å². The summed E-state index contributed by atoms with van der Waals surface area (Å²) in [5, 5.41) is 16.9. The van der Waals surface area contributed by atoms with Crippen LogP contribution in [0.1, 0.15) is 5.56 Å². The minimum absolute atomic E-state index is 0.422. The van der Waals surface area contributed by atoms with Gasteiger partial charge in [-0.15, -0.1) is 0 Å². The number of hydrogen-bond acceptors (Lipinski definition) is 3. The van der Waals surface area contributed by atoms with Crippen LogP contribution in [0.2, 0.25) is 0 Å². The van der Waals surface area contributed by atoms with Crippen LogP contribution in [0, 0.1) is 17.9 Å². The minimum atomic E-state index is 0.422. The van der Waals surface area contributed by atoms with Gasteiger partial charge < -0.3 is 13.7 Å². The number of nitriles is 1. The van der Waals surface area contributed by atoms with E-state index in [2.05, 4.69) is 267 Å². The van der Waals surface area contributed by atoms with E-state index in [0.29, 0.717) is 17.1 Å². The molecule has 12 aromatic carbocycles. The molecule has 0 aliphatic carbocycles. The Labute approximate surface area is 489 Å². The molecule has 0 aliphatic heterocycles. The van der Waals surface area contributed by atoms with Crippen LogP contribution in [0.4, 0.5) is 5.69 Å². The third-order valence-electron chi connectivity index (χ3n) is 16.7. The molecule has 0 saturated carbocycles. The molecule has 394 valence electrons. The lowest BCUT2D eigenvalue weighted by Gasteiger charge is -2.24. The summed E-state index contributed by atoms with van der Waals surface area (Å²) in [4.78, 5) is 14.6. The number of hydrogen-bond donors (Lipinski definition) is 0. The normalized spacial score (nSPS) is 11.5. The first kappa shape index (κ1) is 49.0. The van der Waals surface area contributed by atoms with Crippen LogP contribution in [-0.4, -0.2) is 23.7 Å². The van der Waals surface area contributed by atoms with Crippen molar-refractivity contribution in [2.45, 2.75) is 0 Å². The number of para-hydroxylation sites is 7. The van der Waals surface area contributed by atoms with Crippen LogP contribution in [0.15, 0.2) is 285 Å². The van der Waals surface area contributed by atoms with Gasteiger partial charge in [0.15, 0.2) is 11.5 Å². The largest absolute Gasteiger partial charge is 0.309 e. The lowest BCUT2D eigenvalue weighted by molar-refractivity contribution is 1.15. The highest BCUT2D eigenvalue weighted by Gasteiger charge is 2.27. The van der Waals surface area contributed by atoms with Crippen LogP contribution < -0.4 is 0 Å². The second kappa shape index (κ2) is 20.0. The molecule has 0 N–H and O–H groups in total. The molecule has 0 fully saturated rings. The zero-order valence-corrected chi connectivity index (χ0v) is 45.8. The molecule has 0 radical (unpaired) electrons. The first-order valence-electron chi connectivity index (χ1n) is 28.4. The van der Waals surface area contributed by atoms with Gasteiger partial charge in [0.25, 0.3) is 0 Å². The van der Waals surface area contributed by atoms with Gasteiger partial charge in [0.2, 0.25) is 0 Å². The van der Waals surface area contributed by atoms with Gasteiger partial charge in [0.1, 0.15) is 0 Å². The molecule has 0 bridgehead atoms. The Morgan fingerprint density at radius 3 is 1.25 bits per heavy atom. The van der Waals surface area contributed by atoms with E-state index >= 15 is 0 Å². The Hall–Kier alpha value is -11.9. The highest BCUT2D eigenvalue weighted by atomic mass is 15.0. The lowest BCUT2D eigenvalue weighted by atomic mass is 9.90. The zero-order valence-electron chi connectivity index (χ0n) is 45.8. The van der Waals surface area contributed by atoms with E-state index in [9.17, 15) is 5.26 Å². The van der Waals surface area contributed by atoms with Crippen LogP contribution in [0.5, 0.6) is 0 Å². The molecule has 4 heterocycles. The molecule has 0 unspecified atom stereocenters. The van der Waals surface area contributed by atoms with Crippen LogP contribution in [-0.2, 0) is 0 Å². The number of rotatable bonds is 9. The smallest absolute Gasteiger partial charge is 0.189 e. The van der Waals surface area contributed by atoms with E-state index in [1.54, 1.807) is 6.07 Å². The molecule has 16 rings (SSSR count). The maximum atomic E-state index is 10.1. The van der Waals surface area contributed by atoms with Crippen molar-refractivity contribution in [1.29, 1.82) is 5.26 Å². The monoisotopic (exact) mass is 1080 g/mol. The van der Waals surface area contributed by atoms with E-state index in [4.69, 9.17) is 16.5 Å². The van der Waals surface area contributed by atoms with E-state index in [-0.39, 0.29) is 0 Å². The summed E-state index contributed by atoms with van der Waals surface area (Å²) in [5.41, 5.74) is 20.4. The Balaban J connectivity index is 1.09. The van der Waals surface area contributed by atoms with Gasteiger partial charge in [0, 0.05) is 76.8 Å². The summed E-state index contributed by atoms with van der Waals surface area (Å²) in [7, 11) is 0. The average Bonchev–Trinajstić information content (AvgIpc) is 2.42. The molecule has 0 atom stereocenters. The predicted octanol–water partition coefficient (Wildman–Crippen LogP) is 20.2. The molecule has 85 heavy (non-hydrogen) atoms. The van der Waals surface area contributed by atoms with E-state index in [0.717, 1.165) is 122 Å². The van der Waals surface area contributed by atoms with Crippen molar-refractivity contribution in [3.05, 3.63) is 302 Å². The van der Waals surface area contributed by atoms with Crippen molar-refractivity contribution in [1.82, 2.24) is 23.7 Å². The van der Waals surface area contributed by atoms with Crippen molar-refractivity contribution >= 4 is 71.1 Å². The predicted molar refractivity (Wildman–Crippen MR) is 349 cm³/mol. The third-order valence-corrected chi connectivity index (χ3v) is 16.7. The van der Waals surface area contributed by atoms with Gasteiger partial charge >= 0.3 is 0 Å². The quantitative estimate of drug-likeness (QED) is 0.135. The highest BCUT2D eigenvalue weighted by Crippen LogP contribution is 2.49. The molecule has 0 saturated heterocycles. The summed E-state index contributed by atoms with van der Waals surface area (Å²) in [6, 6.07) is 103. The Morgan fingerprint density at radius 1 is 0.318 bits per heavy atom. The maximum Gasteiger partial charge on any atom is 0.189 e. The SMILES string of the molecule is [C-]#[N+]c1cc(C#N)cc(-c2ccc3c(c2)c2ccccc2n3-c2c(-c3ccccc3-n3c4ccccc4c4ccccc43)cc(-c3cc(-c4ccccc4)nc(-c4ccccc4)n3)cc2-c2ccccc2-n2c3ccccc3c3ccccc32)c1. The van der Waals surface area contributed by atoms with Gasteiger partial charge in [0.05, 0.1) is 74.2 Å². The molecular weight excluding hydrogens is 1030 g/mol. The van der Waals surface area contributed by atoms with Crippen LogP contribution >= 0.6 is 0 Å². The summed E-state index contributed by atoms with van der Waals surface area (Å²) in [6.07, 6.45) is 0. The van der Waals surface area contributed by atoms with Crippen LogP contribution in [0.3, 0.4) is 0 Å². The minimum Gasteiger partial charge on any atom is -0.309 e. The van der Waals surface area contributed by atoms with E-state index in [1.165, 1.54) is 21.5 Å². The first-order chi connectivity index (χ1) is 42.1.